The van der Waals surface area contributed by atoms with Crippen LogP contribution in [-0.2, 0) is 0 Å². The van der Waals surface area contributed by atoms with Crippen molar-refractivity contribution < 1.29 is 0 Å². The quantitative estimate of drug-likeness (QED) is 0.554. The van der Waals surface area contributed by atoms with Crippen molar-refractivity contribution in [2.75, 3.05) is 5.32 Å². The maximum absolute atomic E-state index is 6.00. The van der Waals surface area contributed by atoms with E-state index in [1.54, 1.807) is 0 Å². The molecule has 0 radical (unpaired) electrons. The summed E-state index contributed by atoms with van der Waals surface area (Å²) in [5.41, 5.74) is 2.99. The van der Waals surface area contributed by atoms with Gasteiger partial charge in [-0.1, -0.05) is 65.4 Å². The fourth-order valence-corrected chi connectivity index (χ4v) is 2.50. The molecule has 3 aromatic carbocycles. The number of hydrogen-bond acceptors (Lipinski definition) is 1. The molecule has 0 saturated carbocycles. The van der Waals surface area contributed by atoms with Crippen LogP contribution >= 0.6 is 23.2 Å². The van der Waals surface area contributed by atoms with Gasteiger partial charge in [-0.25, -0.2) is 0 Å². The molecule has 1 atom stereocenters. The molecule has 0 saturated heterocycles. The minimum atomic E-state index is -0.149. The van der Waals surface area contributed by atoms with Gasteiger partial charge in [0.1, 0.15) is 6.04 Å². The zero-order chi connectivity index (χ0) is 16.8. The van der Waals surface area contributed by atoms with Crippen LogP contribution in [0.5, 0.6) is 0 Å². The second-order valence-corrected chi connectivity index (χ2v) is 6.14. The van der Waals surface area contributed by atoms with Crippen LogP contribution in [0.1, 0.15) is 17.2 Å². The number of nitrogens with one attached hydrogen (secondary N) is 1. The van der Waals surface area contributed by atoms with Crippen molar-refractivity contribution >= 4 is 28.9 Å². The summed E-state index contributed by atoms with van der Waals surface area (Å²) in [6, 6.07) is 25.1. The molecule has 0 amide bonds. The zero-order valence-corrected chi connectivity index (χ0v) is 14.4. The van der Waals surface area contributed by atoms with Crippen molar-refractivity contribution in [3.05, 3.63) is 100 Å². The molecule has 118 valence electrons. The van der Waals surface area contributed by atoms with Gasteiger partial charge < -0.3 is 5.32 Å². The molecule has 0 unspecified atom stereocenters. The molecule has 0 aliphatic carbocycles. The van der Waals surface area contributed by atoms with Crippen molar-refractivity contribution in [3.8, 4) is 11.8 Å². The summed E-state index contributed by atoms with van der Waals surface area (Å²) in [6.07, 6.45) is 0. The van der Waals surface area contributed by atoms with Gasteiger partial charge in [-0.15, -0.1) is 0 Å². The van der Waals surface area contributed by atoms with Crippen LogP contribution in [0.25, 0.3) is 0 Å². The van der Waals surface area contributed by atoms with E-state index in [4.69, 9.17) is 23.2 Å². The Labute approximate surface area is 152 Å². The summed E-state index contributed by atoms with van der Waals surface area (Å²) >= 11 is 11.9. The molecule has 0 heterocycles. The molecule has 0 spiro atoms. The second kappa shape index (κ2) is 7.93. The summed E-state index contributed by atoms with van der Waals surface area (Å²) in [7, 11) is 0. The maximum Gasteiger partial charge on any atom is 0.114 e. The summed E-state index contributed by atoms with van der Waals surface area (Å²) in [5.74, 6) is 6.52. The maximum atomic E-state index is 6.00. The Morgan fingerprint density at radius 2 is 1.29 bits per heavy atom. The van der Waals surface area contributed by atoms with Gasteiger partial charge in [0.2, 0.25) is 0 Å². The third-order valence-corrected chi connectivity index (χ3v) is 4.00. The van der Waals surface area contributed by atoms with Gasteiger partial charge >= 0.3 is 0 Å². The first-order chi connectivity index (χ1) is 11.7. The molecule has 0 aliphatic rings. The lowest BCUT2D eigenvalue weighted by Crippen LogP contribution is -2.08. The molecule has 24 heavy (non-hydrogen) atoms. The average molecular weight is 352 g/mol. The van der Waals surface area contributed by atoms with E-state index in [0.717, 1.165) is 16.8 Å². The molecule has 0 aliphatic heterocycles. The SMILES string of the molecule is Clc1ccc(N[C@H](C#Cc2ccccc2)c2ccc(Cl)cc2)cc1. The summed E-state index contributed by atoms with van der Waals surface area (Å²) < 4.78 is 0. The van der Waals surface area contributed by atoms with Crippen LogP contribution in [0.15, 0.2) is 78.9 Å². The number of rotatable bonds is 3. The Hall–Kier alpha value is -2.40. The largest absolute Gasteiger partial charge is 0.368 e. The minimum Gasteiger partial charge on any atom is -0.368 e. The van der Waals surface area contributed by atoms with Gasteiger partial charge in [0.25, 0.3) is 0 Å². The lowest BCUT2D eigenvalue weighted by atomic mass is 10.1. The predicted molar refractivity (Wildman–Crippen MR) is 103 cm³/mol. The smallest absolute Gasteiger partial charge is 0.114 e. The van der Waals surface area contributed by atoms with E-state index in [0.29, 0.717) is 10.0 Å². The van der Waals surface area contributed by atoms with Crippen molar-refractivity contribution in [2.45, 2.75) is 6.04 Å². The lowest BCUT2D eigenvalue weighted by molar-refractivity contribution is 1.02. The summed E-state index contributed by atoms with van der Waals surface area (Å²) in [6.45, 7) is 0. The van der Waals surface area contributed by atoms with Gasteiger partial charge in [-0.05, 0) is 54.1 Å². The molecule has 3 aromatic rings. The molecular weight excluding hydrogens is 337 g/mol. The normalized spacial score (nSPS) is 11.2. The highest BCUT2D eigenvalue weighted by Gasteiger charge is 2.08. The van der Waals surface area contributed by atoms with Crippen LogP contribution < -0.4 is 5.32 Å². The number of halogens is 2. The van der Waals surface area contributed by atoms with E-state index >= 15 is 0 Å². The lowest BCUT2D eigenvalue weighted by Gasteiger charge is -2.15. The van der Waals surface area contributed by atoms with Crippen LogP contribution in [0.3, 0.4) is 0 Å². The van der Waals surface area contributed by atoms with Gasteiger partial charge in [-0.3, -0.25) is 0 Å². The highest BCUT2D eigenvalue weighted by Crippen LogP contribution is 2.22. The summed E-state index contributed by atoms with van der Waals surface area (Å²) in [5, 5.41) is 4.85. The first-order valence-electron chi connectivity index (χ1n) is 7.55. The monoisotopic (exact) mass is 351 g/mol. The van der Waals surface area contributed by atoms with Crippen LogP contribution in [0.2, 0.25) is 10.0 Å². The Morgan fingerprint density at radius 1 is 0.708 bits per heavy atom. The third kappa shape index (κ3) is 4.55. The van der Waals surface area contributed by atoms with Crippen LogP contribution in [-0.4, -0.2) is 0 Å². The number of benzene rings is 3. The van der Waals surface area contributed by atoms with Gasteiger partial charge in [0.15, 0.2) is 0 Å². The molecule has 3 heteroatoms. The van der Waals surface area contributed by atoms with E-state index in [-0.39, 0.29) is 6.04 Å². The zero-order valence-electron chi connectivity index (χ0n) is 12.8. The highest BCUT2D eigenvalue weighted by atomic mass is 35.5. The Morgan fingerprint density at radius 3 is 1.92 bits per heavy atom. The van der Waals surface area contributed by atoms with Crippen molar-refractivity contribution in [1.82, 2.24) is 0 Å². The molecule has 1 N–H and O–H groups in total. The van der Waals surface area contributed by atoms with E-state index in [2.05, 4.69) is 17.2 Å². The van der Waals surface area contributed by atoms with E-state index in [9.17, 15) is 0 Å². The van der Waals surface area contributed by atoms with Crippen LogP contribution in [0, 0.1) is 11.8 Å². The van der Waals surface area contributed by atoms with E-state index in [1.807, 2.05) is 78.9 Å². The van der Waals surface area contributed by atoms with Crippen molar-refractivity contribution in [3.63, 3.8) is 0 Å². The molecule has 0 aromatic heterocycles. The first kappa shape index (κ1) is 16.5. The third-order valence-electron chi connectivity index (χ3n) is 3.49. The molecule has 0 bridgehead atoms. The van der Waals surface area contributed by atoms with E-state index in [1.165, 1.54) is 0 Å². The Balaban J connectivity index is 1.90. The highest BCUT2D eigenvalue weighted by molar-refractivity contribution is 6.30. The molecule has 0 fully saturated rings. The molecular formula is C21H15Cl2N. The first-order valence-corrected chi connectivity index (χ1v) is 8.30. The van der Waals surface area contributed by atoms with Crippen molar-refractivity contribution in [2.24, 2.45) is 0 Å². The van der Waals surface area contributed by atoms with Gasteiger partial charge in [0, 0.05) is 21.3 Å². The van der Waals surface area contributed by atoms with E-state index < -0.39 is 0 Å². The topological polar surface area (TPSA) is 12.0 Å². The average Bonchev–Trinajstić information content (AvgIpc) is 2.62. The van der Waals surface area contributed by atoms with Gasteiger partial charge in [-0.2, -0.15) is 0 Å². The molecule has 3 rings (SSSR count). The standard InChI is InChI=1S/C21H15Cl2N/c22-18-9-7-17(8-10-18)21(15-6-16-4-2-1-3-5-16)24-20-13-11-19(23)12-14-20/h1-5,7-14,21,24H/t21-/m1/s1. The molecule has 1 nitrogen and oxygen atoms in total. The fraction of sp³-hybridized carbons (Fsp3) is 0.0476. The second-order valence-electron chi connectivity index (χ2n) is 5.27. The minimum absolute atomic E-state index is 0.149. The Bertz CT molecular complexity index is 844. The Kier molecular flexibility index (Phi) is 5.43. The predicted octanol–water partition coefficient (Wildman–Crippen LogP) is 6.20. The van der Waals surface area contributed by atoms with Gasteiger partial charge in [0.05, 0.1) is 0 Å². The number of anilines is 1. The van der Waals surface area contributed by atoms with Crippen molar-refractivity contribution in [1.29, 1.82) is 0 Å². The number of hydrogen-bond donors (Lipinski definition) is 1. The summed E-state index contributed by atoms with van der Waals surface area (Å²) in [4.78, 5) is 0. The van der Waals surface area contributed by atoms with Crippen LogP contribution in [0.4, 0.5) is 5.69 Å². The fourth-order valence-electron chi connectivity index (χ4n) is 2.25.